The van der Waals surface area contributed by atoms with Crippen molar-refractivity contribution in [3.8, 4) is 11.5 Å². The highest BCUT2D eigenvalue weighted by molar-refractivity contribution is 6.33. The Balaban J connectivity index is 2.13. The number of hydrogen-bond donors (Lipinski definition) is 1. The first-order valence-electron chi connectivity index (χ1n) is 8.11. The van der Waals surface area contributed by atoms with Gasteiger partial charge in [-0.25, -0.2) is 0 Å². The van der Waals surface area contributed by atoms with Crippen LogP contribution in [0.5, 0.6) is 11.5 Å². The zero-order valence-electron chi connectivity index (χ0n) is 13.9. The van der Waals surface area contributed by atoms with Gasteiger partial charge in [0.1, 0.15) is 11.5 Å². The molecule has 0 unspecified atom stereocenters. The summed E-state index contributed by atoms with van der Waals surface area (Å²) in [4.78, 5) is 26.2. The fourth-order valence-electron chi connectivity index (χ4n) is 3.50. The third-order valence-corrected chi connectivity index (χ3v) is 4.76. The zero-order valence-corrected chi connectivity index (χ0v) is 13.9. The van der Waals surface area contributed by atoms with Crippen LogP contribution < -0.4 is 4.74 Å². The number of fused-ring (bicyclic) bond motifs is 4. The van der Waals surface area contributed by atoms with Crippen LogP contribution in [0.25, 0.3) is 10.8 Å². The molecule has 0 atom stereocenters. The molecule has 0 spiro atoms. The lowest BCUT2D eigenvalue weighted by atomic mass is 9.80. The SMILES string of the molecule is CCc1ccc2c3c(c(OC)cc2c1)C(=O)c1c(O)cccc1C3=O. The number of aromatic hydroxyl groups is 1. The first kappa shape index (κ1) is 15.4. The molecule has 4 nitrogen and oxygen atoms in total. The molecule has 0 aliphatic heterocycles. The van der Waals surface area contributed by atoms with Crippen LogP contribution in [0.4, 0.5) is 0 Å². The molecule has 0 amide bonds. The van der Waals surface area contributed by atoms with E-state index in [1.54, 1.807) is 18.2 Å². The van der Waals surface area contributed by atoms with Crippen molar-refractivity contribution in [3.05, 3.63) is 70.3 Å². The van der Waals surface area contributed by atoms with Gasteiger partial charge in [0.25, 0.3) is 0 Å². The fourth-order valence-corrected chi connectivity index (χ4v) is 3.50. The highest BCUT2D eigenvalue weighted by Crippen LogP contribution is 2.40. The van der Waals surface area contributed by atoms with Gasteiger partial charge in [-0.05, 0) is 34.9 Å². The lowest BCUT2D eigenvalue weighted by molar-refractivity contribution is 0.0975. The quantitative estimate of drug-likeness (QED) is 0.605. The molecule has 1 N–H and O–H groups in total. The third-order valence-electron chi connectivity index (χ3n) is 4.76. The van der Waals surface area contributed by atoms with Crippen LogP contribution in [0.2, 0.25) is 0 Å². The molecule has 4 rings (SSSR count). The number of phenolic OH excluding ortho intramolecular Hbond substituents is 1. The molecule has 0 saturated heterocycles. The maximum absolute atomic E-state index is 13.1. The van der Waals surface area contributed by atoms with E-state index in [0.29, 0.717) is 11.3 Å². The topological polar surface area (TPSA) is 63.6 Å². The second-order valence-corrected chi connectivity index (χ2v) is 6.10. The van der Waals surface area contributed by atoms with Gasteiger partial charge < -0.3 is 9.84 Å². The summed E-state index contributed by atoms with van der Waals surface area (Å²) < 4.78 is 5.41. The minimum absolute atomic E-state index is 0.0443. The second kappa shape index (κ2) is 5.45. The number of aryl methyl sites for hydroxylation is 1. The number of phenols is 1. The molecule has 25 heavy (non-hydrogen) atoms. The number of ketones is 2. The molecule has 0 radical (unpaired) electrons. The third kappa shape index (κ3) is 2.07. The Bertz CT molecular complexity index is 1060. The number of hydrogen-bond acceptors (Lipinski definition) is 4. The molecule has 1 aliphatic carbocycles. The van der Waals surface area contributed by atoms with Crippen molar-refractivity contribution >= 4 is 22.3 Å². The number of carbonyl (C=O) groups excluding carboxylic acids is 2. The summed E-state index contributed by atoms with van der Waals surface area (Å²) >= 11 is 0. The van der Waals surface area contributed by atoms with Crippen molar-refractivity contribution < 1.29 is 19.4 Å². The Morgan fingerprint density at radius 1 is 0.960 bits per heavy atom. The molecule has 4 heteroatoms. The van der Waals surface area contributed by atoms with Gasteiger partial charge in [0.2, 0.25) is 5.78 Å². The van der Waals surface area contributed by atoms with Gasteiger partial charge in [-0.15, -0.1) is 0 Å². The van der Waals surface area contributed by atoms with Crippen LogP contribution >= 0.6 is 0 Å². The van der Waals surface area contributed by atoms with E-state index in [1.165, 1.54) is 13.2 Å². The maximum atomic E-state index is 13.1. The minimum atomic E-state index is -0.388. The molecule has 0 bridgehead atoms. The first-order valence-corrected chi connectivity index (χ1v) is 8.11. The Morgan fingerprint density at radius 2 is 1.76 bits per heavy atom. The average Bonchev–Trinajstić information content (AvgIpc) is 2.63. The van der Waals surface area contributed by atoms with Gasteiger partial charge in [-0.3, -0.25) is 9.59 Å². The van der Waals surface area contributed by atoms with Crippen molar-refractivity contribution in [1.29, 1.82) is 0 Å². The summed E-state index contributed by atoms with van der Waals surface area (Å²) in [6.07, 6.45) is 0.874. The first-order chi connectivity index (χ1) is 12.1. The lowest BCUT2D eigenvalue weighted by Gasteiger charge is -2.22. The van der Waals surface area contributed by atoms with Crippen LogP contribution in [-0.2, 0) is 6.42 Å². The molecule has 0 fully saturated rings. The van der Waals surface area contributed by atoms with Crippen molar-refractivity contribution in [3.63, 3.8) is 0 Å². The van der Waals surface area contributed by atoms with E-state index in [4.69, 9.17) is 4.74 Å². The number of carbonyl (C=O) groups is 2. The molecular formula is C21H16O4. The maximum Gasteiger partial charge on any atom is 0.201 e. The molecule has 0 aromatic heterocycles. The van der Waals surface area contributed by atoms with Crippen LogP contribution in [0.3, 0.4) is 0 Å². The van der Waals surface area contributed by atoms with Gasteiger partial charge in [0.05, 0.1) is 18.2 Å². The van der Waals surface area contributed by atoms with E-state index in [9.17, 15) is 14.7 Å². The van der Waals surface area contributed by atoms with E-state index >= 15 is 0 Å². The van der Waals surface area contributed by atoms with E-state index in [-0.39, 0.29) is 34.0 Å². The average molecular weight is 332 g/mol. The molecule has 0 saturated carbocycles. The van der Waals surface area contributed by atoms with Crippen LogP contribution in [0, 0.1) is 0 Å². The summed E-state index contributed by atoms with van der Waals surface area (Å²) in [7, 11) is 1.48. The van der Waals surface area contributed by atoms with Gasteiger partial charge in [0, 0.05) is 11.1 Å². The number of methoxy groups -OCH3 is 1. The van der Waals surface area contributed by atoms with Gasteiger partial charge in [-0.2, -0.15) is 0 Å². The van der Waals surface area contributed by atoms with E-state index in [1.807, 2.05) is 18.2 Å². The fraction of sp³-hybridized carbons (Fsp3) is 0.143. The molecule has 3 aromatic carbocycles. The summed E-state index contributed by atoms with van der Waals surface area (Å²) in [5.74, 6) is -0.498. The Labute approximate surface area is 144 Å². The number of rotatable bonds is 2. The highest BCUT2D eigenvalue weighted by atomic mass is 16.5. The monoisotopic (exact) mass is 332 g/mol. The van der Waals surface area contributed by atoms with Crippen LogP contribution in [0.15, 0.2) is 42.5 Å². The molecule has 3 aromatic rings. The minimum Gasteiger partial charge on any atom is -0.507 e. The zero-order chi connectivity index (χ0) is 17.7. The molecule has 1 aliphatic rings. The summed E-state index contributed by atoms with van der Waals surface area (Å²) in [6.45, 7) is 2.06. The predicted octanol–water partition coefficient (Wildman–Crippen LogP) is 3.89. The smallest absolute Gasteiger partial charge is 0.201 e. The molecular weight excluding hydrogens is 316 g/mol. The summed E-state index contributed by atoms with van der Waals surface area (Å²) in [6, 6.07) is 12.2. The predicted molar refractivity (Wildman–Crippen MR) is 94.8 cm³/mol. The molecule has 0 heterocycles. The standard InChI is InChI=1S/C21H16O4/c1-3-11-7-8-13-12(9-11)10-16(25-2)19-18(13)20(23)14-5-4-6-15(22)17(14)21(19)24/h4-10,22H,3H2,1-2H3. The van der Waals surface area contributed by atoms with Gasteiger partial charge in [-0.1, -0.05) is 37.3 Å². The number of benzene rings is 3. The molecule has 124 valence electrons. The van der Waals surface area contributed by atoms with Crippen LogP contribution in [0.1, 0.15) is 44.3 Å². The van der Waals surface area contributed by atoms with E-state index in [2.05, 4.69) is 6.92 Å². The van der Waals surface area contributed by atoms with Gasteiger partial charge in [0.15, 0.2) is 5.78 Å². The van der Waals surface area contributed by atoms with Crippen molar-refractivity contribution in [2.24, 2.45) is 0 Å². The summed E-state index contributed by atoms with van der Waals surface area (Å²) in [5, 5.41) is 11.7. The van der Waals surface area contributed by atoms with E-state index in [0.717, 1.165) is 22.8 Å². The van der Waals surface area contributed by atoms with Crippen LogP contribution in [-0.4, -0.2) is 23.8 Å². The van der Waals surface area contributed by atoms with Gasteiger partial charge >= 0.3 is 0 Å². The Kier molecular flexibility index (Phi) is 3.35. The summed E-state index contributed by atoms with van der Waals surface area (Å²) in [5.41, 5.74) is 1.98. The van der Waals surface area contributed by atoms with Crippen molar-refractivity contribution in [2.75, 3.05) is 7.11 Å². The van der Waals surface area contributed by atoms with Crippen molar-refractivity contribution in [1.82, 2.24) is 0 Å². The second-order valence-electron chi connectivity index (χ2n) is 6.10. The Hall–Kier alpha value is -3.14. The Morgan fingerprint density at radius 3 is 2.48 bits per heavy atom. The van der Waals surface area contributed by atoms with Crippen molar-refractivity contribution in [2.45, 2.75) is 13.3 Å². The highest BCUT2D eigenvalue weighted by Gasteiger charge is 2.35. The number of ether oxygens (including phenoxy) is 1. The van der Waals surface area contributed by atoms with E-state index < -0.39 is 0 Å². The normalized spacial score (nSPS) is 12.9. The lowest BCUT2D eigenvalue weighted by Crippen LogP contribution is -2.22. The largest absolute Gasteiger partial charge is 0.507 e.